The topological polar surface area (TPSA) is 34.1 Å². The molecule has 1 aromatic rings. The first kappa shape index (κ1) is 15.5. The van der Waals surface area contributed by atoms with E-state index in [0.717, 1.165) is 12.1 Å². The van der Waals surface area contributed by atoms with Crippen LogP contribution in [0.25, 0.3) is 0 Å². The van der Waals surface area contributed by atoms with Gasteiger partial charge in [-0.05, 0) is 25.3 Å². The molecule has 0 radical (unpaired) electrons. The summed E-state index contributed by atoms with van der Waals surface area (Å²) in [5.74, 6) is -2.27. The maximum absolute atomic E-state index is 13.0. The number of Topliss-reactive ketones (excluding diaryl/α,β-unsaturated/α-hetero) is 2. The van der Waals surface area contributed by atoms with E-state index in [1.54, 1.807) is 0 Å². The van der Waals surface area contributed by atoms with E-state index in [1.165, 1.54) is 18.2 Å². The lowest BCUT2D eigenvalue weighted by Gasteiger charge is -2.16. The Labute approximate surface area is 120 Å². The monoisotopic (exact) mass is 296 g/mol. The molecule has 0 saturated heterocycles. The van der Waals surface area contributed by atoms with Crippen molar-refractivity contribution in [2.24, 2.45) is 11.8 Å². The Balaban J connectivity index is 2.37. The predicted molar refractivity (Wildman–Crippen MR) is 71.8 cm³/mol. The largest absolute Gasteiger partial charge is 0.417 e. The number of allylic oxidation sites excluding steroid dienone is 1. The average Bonchev–Trinajstić information content (AvgIpc) is 3.27. The minimum Gasteiger partial charge on any atom is -0.299 e. The van der Waals surface area contributed by atoms with E-state index in [-0.39, 0.29) is 18.1 Å². The summed E-state index contributed by atoms with van der Waals surface area (Å²) < 4.78 is 38.9. The fourth-order valence-corrected chi connectivity index (χ4v) is 2.30. The summed E-state index contributed by atoms with van der Waals surface area (Å²) in [5.41, 5.74) is -1.43. The third-order valence-electron chi connectivity index (χ3n) is 3.54. The van der Waals surface area contributed by atoms with Gasteiger partial charge >= 0.3 is 6.18 Å². The molecule has 1 atom stereocenters. The molecule has 0 bridgehead atoms. The molecule has 112 valence electrons. The van der Waals surface area contributed by atoms with Crippen LogP contribution in [0.5, 0.6) is 0 Å². The van der Waals surface area contributed by atoms with Crippen LogP contribution in [0.3, 0.4) is 0 Å². The molecule has 1 aromatic carbocycles. The van der Waals surface area contributed by atoms with E-state index in [9.17, 15) is 22.8 Å². The highest BCUT2D eigenvalue weighted by molar-refractivity contribution is 6.12. The smallest absolute Gasteiger partial charge is 0.299 e. The summed E-state index contributed by atoms with van der Waals surface area (Å²) in [5, 5.41) is 0. The van der Waals surface area contributed by atoms with Gasteiger partial charge in [-0.25, -0.2) is 0 Å². The molecule has 0 N–H and O–H groups in total. The van der Waals surface area contributed by atoms with Gasteiger partial charge in [0, 0.05) is 11.5 Å². The van der Waals surface area contributed by atoms with Crippen molar-refractivity contribution in [3.05, 3.63) is 48.0 Å². The van der Waals surface area contributed by atoms with Crippen LogP contribution in [0.2, 0.25) is 0 Å². The van der Waals surface area contributed by atoms with Crippen molar-refractivity contribution in [1.82, 2.24) is 0 Å². The first-order valence-corrected chi connectivity index (χ1v) is 6.71. The Bertz CT molecular complexity index is 571. The standard InChI is InChI=1S/C16H15F3O2/c1-2-5-12(14(20)10-8-9-10)15(21)11-6-3-4-7-13(11)16(17,18)19/h2-4,6-7,10,12H,1,5,8-9H2. The first-order chi connectivity index (χ1) is 9.86. The number of carbonyl (C=O) groups excluding carboxylic acids is 2. The van der Waals surface area contributed by atoms with Crippen LogP contribution in [0.4, 0.5) is 13.2 Å². The third kappa shape index (κ3) is 3.40. The Morgan fingerprint density at radius 2 is 1.90 bits per heavy atom. The van der Waals surface area contributed by atoms with Gasteiger partial charge in [0.15, 0.2) is 5.78 Å². The number of hydrogen-bond donors (Lipinski definition) is 0. The van der Waals surface area contributed by atoms with E-state index in [1.807, 2.05) is 0 Å². The first-order valence-electron chi connectivity index (χ1n) is 6.71. The van der Waals surface area contributed by atoms with E-state index in [2.05, 4.69) is 6.58 Å². The molecule has 1 saturated carbocycles. The molecule has 5 heteroatoms. The van der Waals surface area contributed by atoms with Crippen molar-refractivity contribution in [2.45, 2.75) is 25.4 Å². The van der Waals surface area contributed by atoms with E-state index in [0.29, 0.717) is 12.8 Å². The molecule has 2 rings (SSSR count). The maximum Gasteiger partial charge on any atom is 0.417 e. The van der Waals surface area contributed by atoms with Crippen LogP contribution in [-0.2, 0) is 11.0 Å². The van der Waals surface area contributed by atoms with Gasteiger partial charge in [-0.3, -0.25) is 9.59 Å². The molecule has 2 nitrogen and oxygen atoms in total. The number of carbonyl (C=O) groups is 2. The summed E-state index contributed by atoms with van der Waals surface area (Å²) >= 11 is 0. The highest BCUT2D eigenvalue weighted by atomic mass is 19.4. The minimum absolute atomic E-state index is 0.0698. The zero-order valence-electron chi connectivity index (χ0n) is 11.3. The molecule has 1 aliphatic rings. The van der Waals surface area contributed by atoms with E-state index >= 15 is 0 Å². The molecular formula is C16H15F3O2. The van der Waals surface area contributed by atoms with Gasteiger partial charge in [-0.15, -0.1) is 6.58 Å². The average molecular weight is 296 g/mol. The van der Waals surface area contributed by atoms with Crippen molar-refractivity contribution >= 4 is 11.6 Å². The Hall–Kier alpha value is -1.91. The maximum atomic E-state index is 13.0. The molecule has 0 amide bonds. The van der Waals surface area contributed by atoms with Crippen LogP contribution in [0.1, 0.15) is 35.2 Å². The lowest BCUT2D eigenvalue weighted by molar-refractivity contribution is -0.138. The van der Waals surface area contributed by atoms with Crippen LogP contribution in [-0.4, -0.2) is 11.6 Å². The highest BCUT2D eigenvalue weighted by Gasteiger charge is 2.41. The second-order valence-electron chi connectivity index (χ2n) is 5.16. The van der Waals surface area contributed by atoms with Gasteiger partial charge in [0.25, 0.3) is 0 Å². The zero-order chi connectivity index (χ0) is 15.6. The molecule has 1 aliphatic carbocycles. The number of halogens is 3. The minimum atomic E-state index is -4.62. The zero-order valence-corrected chi connectivity index (χ0v) is 11.3. The fourth-order valence-electron chi connectivity index (χ4n) is 2.30. The Morgan fingerprint density at radius 1 is 1.29 bits per heavy atom. The van der Waals surface area contributed by atoms with Gasteiger partial charge in [0.1, 0.15) is 5.78 Å². The number of ketones is 2. The number of benzene rings is 1. The number of alkyl halides is 3. The van der Waals surface area contributed by atoms with Gasteiger partial charge < -0.3 is 0 Å². The molecular weight excluding hydrogens is 281 g/mol. The summed E-state index contributed by atoms with van der Waals surface area (Å²) in [4.78, 5) is 24.5. The van der Waals surface area contributed by atoms with Crippen LogP contribution in [0.15, 0.2) is 36.9 Å². The molecule has 0 heterocycles. The lowest BCUT2D eigenvalue weighted by Crippen LogP contribution is -2.27. The predicted octanol–water partition coefficient (Wildman–Crippen LogP) is 4.06. The fraction of sp³-hybridized carbons (Fsp3) is 0.375. The van der Waals surface area contributed by atoms with Gasteiger partial charge in [0.05, 0.1) is 11.5 Å². The summed E-state index contributed by atoms with van der Waals surface area (Å²) in [7, 11) is 0. The number of hydrogen-bond acceptors (Lipinski definition) is 2. The summed E-state index contributed by atoms with van der Waals surface area (Å²) in [6.07, 6.45) is -1.73. The van der Waals surface area contributed by atoms with Crippen molar-refractivity contribution in [3.8, 4) is 0 Å². The van der Waals surface area contributed by atoms with Crippen molar-refractivity contribution in [2.75, 3.05) is 0 Å². The quantitative estimate of drug-likeness (QED) is 0.451. The molecule has 21 heavy (non-hydrogen) atoms. The normalized spacial score (nSPS) is 16.3. The van der Waals surface area contributed by atoms with Crippen LogP contribution in [0, 0.1) is 11.8 Å². The Morgan fingerprint density at radius 3 is 2.43 bits per heavy atom. The SMILES string of the molecule is C=CCC(C(=O)c1ccccc1C(F)(F)F)C(=O)C1CC1. The molecule has 1 unspecified atom stereocenters. The molecule has 0 spiro atoms. The Kier molecular flexibility index (Phi) is 4.30. The van der Waals surface area contributed by atoms with Crippen molar-refractivity contribution < 1.29 is 22.8 Å². The lowest BCUT2D eigenvalue weighted by atomic mass is 9.87. The van der Waals surface area contributed by atoms with Gasteiger partial charge in [-0.2, -0.15) is 13.2 Å². The van der Waals surface area contributed by atoms with Gasteiger partial charge in [0.2, 0.25) is 0 Å². The van der Waals surface area contributed by atoms with Crippen LogP contribution < -0.4 is 0 Å². The number of rotatable bonds is 6. The molecule has 0 aromatic heterocycles. The molecule has 1 fully saturated rings. The van der Waals surface area contributed by atoms with Crippen molar-refractivity contribution in [1.29, 1.82) is 0 Å². The van der Waals surface area contributed by atoms with Crippen molar-refractivity contribution in [3.63, 3.8) is 0 Å². The summed E-state index contributed by atoms with van der Waals surface area (Å²) in [6, 6.07) is 4.58. The van der Waals surface area contributed by atoms with E-state index < -0.39 is 29.0 Å². The third-order valence-corrected chi connectivity index (χ3v) is 3.54. The van der Waals surface area contributed by atoms with Gasteiger partial charge in [-0.1, -0.05) is 24.3 Å². The van der Waals surface area contributed by atoms with Crippen LogP contribution >= 0.6 is 0 Å². The second kappa shape index (κ2) is 5.84. The van der Waals surface area contributed by atoms with E-state index in [4.69, 9.17) is 0 Å². The highest BCUT2D eigenvalue weighted by Crippen LogP contribution is 2.37. The molecule has 0 aliphatic heterocycles. The second-order valence-corrected chi connectivity index (χ2v) is 5.16. The summed E-state index contributed by atoms with van der Waals surface area (Å²) in [6.45, 7) is 3.48.